The zero-order valence-corrected chi connectivity index (χ0v) is 20.4. The molecule has 5 heterocycles. The molecule has 34 heavy (non-hydrogen) atoms. The van der Waals surface area contributed by atoms with Crippen molar-refractivity contribution >= 4 is 33.3 Å². The van der Waals surface area contributed by atoms with Crippen LogP contribution < -0.4 is 4.90 Å². The summed E-state index contributed by atoms with van der Waals surface area (Å²) < 4.78 is 11.6. The number of thiophene rings is 1. The smallest absolute Gasteiger partial charge is 0.225 e. The van der Waals surface area contributed by atoms with Crippen LogP contribution in [0, 0.1) is 12.8 Å². The molecule has 0 unspecified atom stereocenters. The molecule has 0 saturated carbocycles. The number of piperidine rings is 2. The molecule has 3 aromatic rings. The first kappa shape index (κ1) is 21.9. The zero-order valence-electron chi connectivity index (χ0n) is 19.5. The number of carbonyl (C=O) groups excluding carboxylic acids is 1. The number of aryl methyl sites for hydroxylation is 1. The average Bonchev–Trinajstić information content (AvgIpc) is 3.51. The van der Waals surface area contributed by atoms with Gasteiger partial charge in [0.1, 0.15) is 16.5 Å². The summed E-state index contributed by atoms with van der Waals surface area (Å²) in [6.45, 7) is 6.41. The predicted molar refractivity (Wildman–Crippen MR) is 133 cm³/mol. The van der Waals surface area contributed by atoms with Crippen LogP contribution in [0.15, 0.2) is 36.4 Å². The summed E-state index contributed by atoms with van der Waals surface area (Å²) in [4.78, 5) is 29.4. The van der Waals surface area contributed by atoms with Crippen LogP contribution in [0.4, 0.5) is 5.82 Å². The number of hydrogen-bond acceptors (Lipinski definition) is 7. The van der Waals surface area contributed by atoms with Crippen molar-refractivity contribution in [2.75, 3.05) is 44.3 Å². The Bertz CT molecular complexity index is 1170. The van der Waals surface area contributed by atoms with Crippen LogP contribution in [0.2, 0.25) is 0 Å². The number of fused-ring (bicyclic) bond motifs is 1. The Morgan fingerprint density at radius 2 is 1.74 bits per heavy atom. The van der Waals surface area contributed by atoms with E-state index in [4.69, 9.17) is 19.4 Å². The van der Waals surface area contributed by atoms with E-state index >= 15 is 0 Å². The molecule has 3 saturated heterocycles. The average molecular weight is 479 g/mol. The second kappa shape index (κ2) is 8.91. The Kier molecular flexibility index (Phi) is 5.75. The largest absolute Gasteiger partial charge is 0.356 e. The molecular weight excluding hydrogens is 448 g/mol. The number of hydrogen-bond donors (Lipinski definition) is 0. The predicted octanol–water partition coefficient (Wildman–Crippen LogP) is 4.25. The molecule has 3 fully saturated rings. The summed E-state index contributed by atoms with van der Waals surface area (Å²) in [5.74, 6) is 1.73. The zero-order chi connectivity index (χ0) is 23.1. The molecule has 0 N–H and O–H groups in total. The van der Waals surface area contributed by atoms with Crippen LogP contribution in [0.3, 0.4) is 0 Å². The first-order valence-corrected chi connectivity index (χ1v) is 13.1. The van der Waals surface area contributed by atoms with Gasteiger partial charge >= 0.3 is 0 Å². The number of anilines is 1. The van der Waals surface area contributed by atoms with Crippen molar-refractivity contribution < 1.29 is 14.3 Å². The lowest BCUT2D eigenvalue weighted by atomic mass is 9.93. The monoisotopic (exact) mass is 478 g/mol. The Balaban J connectivity index is 1.14. The van der Waals surface area contributed by atoms with Gasteiger partial charge in [0.2, 0.25) is 5.91 Å². The number of likely N-dealkylation sites (tertiary alicyclic amines) is 1. The Morgan fingerprint density at radius 3 is 2.44 bits per heavy atom. The third-order valence-electron chi connectivity index (χ3n) is 7.34. The number of benzene rings is 1. The van der Waals surface area contributed by atoms with E-state index in [0.29, 0.717) is 19.1 Å². The SMILES string of the molecule is Cc1nc(N2CCC(C(=O)N3CCC4(CC3)OCCO4)CC2)c2cc(-c3ccccc3)sc2n1. The maximum absolute atomic E-state index is 13.2. The number of carbonyl (C=O) groups is 1. The minimum absolute atomic E-state index is 0.0801. The van der Waals surface area contributed by atoms with Crippen molar-refractivity contribution in [2.24, 2.45) is 5.92 Å². The van der Waals surface area contributed by atoms with E-state index < -0.39 is 5.79 Å². The highest BCUT2D eigenvalue weighted by Gasteiger charge is 2.42. The summed E-state index contributed by atoms with van der Waals surface area (Å²) in [5, 5.41) is 1.11. The first-order valence-electron chi connectivity index (χ1n) is 12.3. The van der Waals surface area contributed by atoms with Crippen LogP contribution in [-0.4, -0.2) is 66.0 Å². The van der Waals surface area contributed by atoms with Crippen molar-refractivity contribution in [1.82, 2.24) is 14.9 Å². The Morgan fingerprint density at radius 1 is 1.03 bits per heavy atom. The molecule has 0 radical (unpaired) electrons. The molecule has 8 heteroatoms. The van der Waals surface area contributed by atoms with Gasteiger partial charge in [0.15, 0.2) is 5.79 Å². The van der Waals surface area contributed by atoms with Gasteiger partial charge in [-0.1, -0.05) is 30.3 Å². The molecule has 6 rings (SSSR count). The topological polar surface area (TPSA) is 67.8 Å². The third-order valence-corrected chi connectivity index (χ3v) is 8.41. The maximum Gasteiger partial charge on any atom is 0.225 e. The van der Waals surface area contributed by atoms with Crippen LogP contribution in [-0.2, 0) is 14.3 Å². The third kappa shape index (κ3) is 4.08. The molecule has 0 bridgehead atoms. The lowest BCUT2D eigenvalue weighted by Gasteiger charge is -2.40. The molecule has 1 spiro atoms. The van der Waals surface area contributed by atoms with Gasteiger partial charge in [-0.15, -0.1) is 11.3 Å². The highest BCUT2D eigenvalue weighted by Crippen LogP contribution is 2.38. The standard InChI is InChI=1S/C26H30N4O3S/c1-18-27-23(21-17-22(34-24(21)28-18)19-5-3-2-4-6-19)29-11-7-20(8-12-29)25(31)30-13-9-26(10-14-30)32-15-16-33-26/h2-6,17,20H,7-16H2,1H3. The minimum Gasteiger partial charge on any atom is -0.356 e. The van der Waals surface area contributed by atoms with Crippen LogP contribution >= 0.6 is 11.3 Å². The van der Waals surface area contributed by atoms with Crippen molar-refractivity contribution in [1.29, 1.82) is 0 Å². The normalized spacial score (nSPS) is 21.0. The van der Waals surface area contributed by atoms with Gasteiger partial charge in [0.25, 0.3) is 0 Å². The number of nitrogens with zero attached hydrogens (tertiary/aromatic N) is 4. The van der Waals surface area contributed by atoms with Crippen LogP contribution in [0.25, 0.3) is 20.7 Å². The van der Waals surface area contributed by atoms with Gasteiger partial charge in [-0.2, -0.15) is 0 Å². The summed E-state index contributed by atoms with van der Waals surface area (Å²) in [6, 6.07) is 12.7. The Hall–Kier alpha value is -2.55. The molecule has 7 nitrogen and oxygen atoms in total. The lowest BCUT2D eigenvalue weighted by Crippen LogP contribution is -2.50. The summed E-state index contributed by atoms with van der Waals surface area (Å²) in [7, 11) is 0. The quantitative estimate of drug-likeness (QED) is 0.561. The molecule has 2 aromatic heterocycles. The minimum atomic E-state index is -0.435. The van der Waals surface area contributed by atoms with Crippen molar-refractivity contribution in [2.45, 2.75) is 38.4 Å². The number of aromatic nitrogens is 2. The first-order chi connectivity index (χ1) is 16.6. The van der Waals surface area contributed by atoms with E-state index in [-0.39, 0.29) is 5.92 Å². The summed E-state index contributed by atoms with van der Waals surface area (Å²) in [6.07, 6.45) is 3.26. The van der Waals surface area contributed by atoms with Crippen molar-refractivity contribution in [3.8, 4) is 10.4 Å². The summed E-state index contributed by atoms with van der Waals surface area (Å²) >= 11 is 1.72. The second-order valence-corrected chi connectivity index (χ2v) is 10.5. The van der Waals surface area contributed by atoms with Crippen molar-refractivity contribution in [3.63, 3.8) is 0 Å². The number of ether oxygens (including phenoxy) is 2. The second-order valence-electron chi connectivity index (χ2n) is 9.48. The van der Waals surface area contributed by atoms with E-state index in [0.717, 1.165) is 73.7 Å². The fourth-order valence-electron chi connectivity index (χ4n) is 5.45. The van der Waals surface area contributed by atoms with E-state index in [9.17, 15) is 4.79 Å². The molecule has 178 valence electrons. The van der Waals surface area contributed by atoms with Crippen LogP contribution in [0.1, 0.15) is 31.5 Å². The van der Waals surface area contributed by atoms with Gasteiger partial charge in [-0.25, -0.2) is 9.97 Å². The molecule has 1 aromatic carbocycles. The van der Waals surface area contributed by atoms with Crippen molar-refractivity contribution in [3.05, 3.63) is 42.2 Å². The van der Waals surface area contributed by atoms with Gasteiger partial charge in [-0.05, 0) is 31.4 Å². The fraction of sp³-hybridized carbons (Fsp3) is 0.500. The van der Waals surface area contributed by atoms with Crippen LogP contribution in [0.5, 0.6) is 0 Å². The van der Waals surface area contributed by atoms with E-state index in [1.165, 1.54) is 10.4 Å². The maximum atomic E-state index is 13.2. The lowest BCUT2D eigenvalue weighted by molar-refractivity contribution is -0.188. The molecular formula is C26H30N4O3S. The number of amides is 1. The summed E-state index contributed by atoms with van der Waals surface area (Å²) in [5.41, 5.74) is 1.20. The molecule has 3 aliphatic rings. The fourth-order valence-corrected chi connectivity index (χ4v) is 6.52. The van der Waals surface area contributed by atoms with E-state index in [1.54, 1.807) is 11.3 Å². The molecule has 0 aliphatic carbocycles. The Labute approximate surface area is 203 Å². The van der Waals surface area contributed by atoms with E-state index in [2.05, 4.69) is 35.2 Å². The van der Waals surface area contributed by atoms with Gasteiger partial charge in [0.05, 0.1) is 18.6 Å². The highest BCUT2D eigenvalue weighted by atomic mass is 32.1. The van der Waals surface area contributed by atoms with Gasteiger partial charge < -0.3 is 19.3 Å². The highest BCUT2D eigenvalue weighted by molar-refractivity contribution is 7.21. The molecule has 3 aliphatic heterocycles. The van der Waals surface area contributed by atoms with Gasteiger partial charge in [-0.3, -0.25) is 4.79 Å². The van der Waals surface area contributed by atoms with E-state index in [1.807, 2.05) is 17.9 Å². The number of rotatable bonds is 3. The molecule has 1 amide bonds. The van der Waals surface area contributed by atoms with Gasteiger partial charge in [0, 0.05) is 49.8 Å². The molecule has 0 atom stereocenters.